The van der Waals surface area contributed by atoms with E-state index in [9.17, 15) is 4.39 Å². The van der Waals surface area contributed by atoms with Gasteiger partial charge < -0.3 is 9.47 Å². The van der Waals surface area contributed by atoms with Crippen molar-refractivity contribution in [2.75, 3.05) is 13.2 Å². The lowest BCUT2D eigenvalue weighted by atomic mass is 9.92. The van der Waals surface area contributed by atoms with E-state index in [1.54, 1.807) is 6.07 Å². The van der Waals surface area contributed by atoms with Gasteiger partial charge in [-0.2, -0.15) is 0 Å². The molecule has 2 aromatic carbocycles. The van der Waals surface area contributed by atoms with Gasteiger partial charge in [-0.15, -0.1) is 0 Å². The molecule has 0 aliphatic rings. The molecule has 0 saturated heterocycles. The molecular weight excluding hydrogens is 399 g/mol. The highest BCUT2D eigenvalue weighted by Gasteiger charge is 2.13. The smallest absolute Gasteiger partial charge is 0.138 e. The van der Waals surface area contributed by atoms with Crippen LogP contribution in [0.2, 0.25) is 5.02 Å². The van der Waals surface area contributed by atoms with Crippen LogP contribution >= 0.6 is 11.6 Å². The maximum atomic E-state index is 14.0. The molecule has 2 nitrogen and oxygen atoms in total. The van der Waals surface area contributed by atoms with Gasteiger partial charge in [0, 0.05) is 6.07 Å². The highest BCUT2D eigenvalue weighted by atomic mass is 35.5. The van der Waals surface area contributed by atoms with Crippen molar-refractivity contribution in [2.45, 2.75) is 66.2 Å². The highest BCUT2D eigenvalue weighted by molar-refractivity contribution is 6.32. The fourth-order valence-corrected chi connectivity index (χ4v) is 3.39. The number of hydrogen-bond donors (Lipinski definition) is 0. The van der Waals surface area contributed by atoms with E-state index in [0.717, 1.165) is 24.2 Å². The summed E-state index contributed by atoms with van der Waals surface area (Å²) >= 11 is 6.29. The van der Waals surface area contributed by atoms with Gasteiger partial charge in [-0.25, -0.2) is 4.39 Å². The van der Waals surface area contributed by atoms with Crippen LogP contribution in [0.25, 0.3) is 0 Å². The summed E-state index contributed by atoms with van der Waals surface area (Å²) < 4.78 is 25.8. The minimum Gasteiger partial charge on any atom is -0.493 e. The van der Waals surface area contributed by atoms with E-state index in [0.29, 0.717) is 41.7 Å². The van der Waals surface area contributed by atoms with E-state index in [4.69, 9.17) is 21.1 Å². The van der Waals surface area contributed by atoms with Crippen LogP contribution in [0.4, 0.5) is 4.39 Å². The first kappa shape index (κ1) is 24.5. The van der Waals surface area contributed by atoms with Gasteiger partial charge in [0.25, 0.3) is 0 Å². The fourth-order valence-electron chi connectivity index (χ4n) is 3.22. The molecule has 0 N–H and O–H groups in total. The van der Waals surface area contributed by atoms with Crippen LogP contribution in [0.15, 0.2) is 36.4 Å². The molecule has 0 bridgehead atoms. The molecule has 0 aromatic heterocycles. The zero-order valence-corrected chi connectivity index (χ0v) is 19.9. The second-order valence-electron chi connectivity index (χ2n) is 9.16. The molecule has 2 rings (SSSR count). The molecule has 2 unspecified atom stereocenters. The van der Waals surface area contributed by atoms with E-state index >= 15 is 0 Å². The molecule has 0 heterocycles. The van der Waals surface area contributed by atoms with Crippen molar-refractivity contribution in [1.82, 2.24) is 0 Å². The van der Waals surface area contributed by atoms with Gasteiger partial charge in [0.15, 0.2) is 0 Å². The third-order valence-corrected chi connectivity index (χ3v) is 5.60. The maximum Gasteiger partial charge on any atom is 0.138 e. The summed E-state index contributed by atoms with van der Waals surface area (Å²) in [6.07, 6.45) is 1.94. The van der Waals surface area contributed by atoms with Crippen molar-refractivity contribution in [3.05, 3.63) is 58.4 Å². The Kier molecular flexibility index (Phi) is 9.48. The lowest BCUT2D eigenvalue weighted by Gasteiger charge is -2.18. The van der Waals surface area contributed by atoms with Crippen molar-refractivity contribution in [3.8, 4) is 11.5 Å². The number of benzene rings is 2. The highest BCUT2D eigenvalue weighted by Crippen LogP contribution is 2.30. The molecule has 30 heavy (non-hydrogen) atoms. The van der Waals surface area contributed by atoms with Gasteiger partial charge in [0.1, 0.15) is 17.3 Å². The summed E-state index contributed by atoms with van der Waals surface area (Å²) in [5.74, 6) is 2.58. The fraction of sp³-hybridized carbons (Fsp3) is 0.538. The summed E-state index contributed by atoms with van der Waals surface area (Å²) in [5, 5.41) is 0.647. The Morgan fingerprint density at radius 3 is 2.23 bits per heavy atom. The lowest BCUT2D eigenvalue weighted by molar-refractivity contribution is 0.247. The van der Waals surface area contributed by atoms with Gasteiger partial charge in [-0.05, 0) is 71.9 Å². The Morgan fingerprint density at radius 1 is 0.833 bits per heavy atom. The lowest BCUT2D eigenvalue weighted by Crippen LogP contribution is -2.10. The summed E-state index contributed by atoms with van der Waals surface area (Å²) in [4.78, 5) is 0. The van der Waals surface area contributed by atoms with E-state index in [-0.39, 0.29) is 11.7 Å². The van der Waals surface area contributed by atoms with Crippen molar-refractivity contribution in [3.63, 3.8) is 0 Å². The van der Waals surface area contributed by atoms with Crippen molar-refractivity contribution < 1.29 is 13.9 Å². The van der Waals surface area contributed by atoms with E-state index in [1.807, 2.05) is 24.3 Å². The summed E-state index contributed by atoms with van der Waals surface area (Å²) in [6.45, 7) is 14.0. The molecule has 0 saturated carbocycles. The molecule has 0 spiro atoms. The molecule has 2 atom stereocenters. The van der Waals surface area contributed by atoms with Gasteiger partial charge in [-0.3, -0.25) is 0 Å². The van der Waals surface area contributed by atoms with Crippen LogP contribution in [0, 0.1) is 17.7 Å². The van der Waals surface area contributed by atoms with Crippen LogP contribution in [-0.4, -0.2) is 13.2 Å². The Labute approximate surface area is 186 Å². The topological polar surface area (TPSA) is 18.5 Å². The largest absolute Gasteiger partial charge is 0.493 e. The molecule has 0 aliphatic carbocycles. The maximum absolute atomic E-state index is 14.0. The third-order valence-electron chi connectivity index (χ3n) is 5.28. The number of halogens is 2. The molecule has 2 aromatic rings. The summed E-state index contributed by atoms with van der Waals surface area (Å²) in [6, 6.07) is 11.0. The monoisotopic (exact) mass is 434 g/mol. The quantitative estimate of drug-likeness (QED) is 0.354. The predicted octanol–water partition coefficient (Wildman–Crippen LogP) is 8.24. The van der Waals surface area contributed by atoms with Crippen LogP contribution in [0.5, 0.6) is 11.5 Å². The Morgan fingerprint density at radius 2 is 1.57 bits per heavy atom. The van der Waals surface area contributed by atoms with E-state index in [2.05, 4.69) is 41.5 Å². The second kappa shape index (κ2) is 11.6. The van der Waals surface area contributed by atoms with Gasteiger partial charge >= 0.3 is 0 Å². The predicted molar refractivity (Wildman–Crippen MR) is 125 cm³/mol. The first-order valence-electron chi connectivity index (χ1n) is 11.0. The molecule has 166 valence electrons. The number of ether oxygens (including phenoxy) is 2. The molecule has 4 heteroatoms. The molecule has 0 radical (unpaired) electrons. The van der Waals surface area contributed by atoms with E-state index in [1.165, 1.54) is 11.6 Å². The first-order chi connectivity index (χ1) is 14.2. The molecule has 0 amide bonds. The van der Waals surface area contributed by atoms with Crippen LogP contribution in [-0.2, 0) is 0 Å². The van der Waals surface area contributed by atoms with E-state index < -0.39 is 0 Å². The van der Waals surface area contributed by atoms with Crippen molar-refractivity contribution >= 4 is 11.6 Å². The third kappa shape index (κ3) is 7.83. The zero-order valence-electron chi connectivity index (χ0n) is 19.2. The minimum absolute atomic E-state index is 0.242. The Balaban J connectivity index is 1.89. The standard InChI is InChI=1S/C26H36ClFO2/c1-17(2)15-29-24-12-22(11-23(28)14-24)20(6)8-7-19(5)16-30-26-13-21(18(3)4)9-10-25(26)27/h9-14,17-20H,7-8,15-16H2,1-6H3. The molecular formula is C26H36ClFO2. The summed E-state index contributed by atoms with van der Waals surface area (Å²) in [7, 11) is 0. The Hall–Kier alpha value is -1.74. The Bertz CT molecular complexity index is 804. The first-order valence-corrected chi connectivity index (χ1v) is 11.4. The SMILES string of the molecule is CC(C)COc1cc(F)cc(C(C)CCC(C)COc2cc(C(C)C)ccc2Cl)c1. The summed E-state index contributed by atoms with van der Waals surface area (Å²) in [5.41, 5.74) is 2.20. The van der Waals surface area contributed by atoms with Gasteiger partial charge in [0.05, 0.1) is 18.2 Å². The van der Waals surface area contributed by atoms with Crippen molar-refractivity contribution in [2.24, 2.45) is 11.8 Å². The second-order valence-corrected chi connectivity index (χ2v) is 9.57. The van der Waals surface area contributed by atoms with Crippen LogP contribution in [0.3, 0.4) is 0 Å². The minimum atomic E-state index is -0.242. The van der Waals surface area contributed by atoms with Crippen molar-refractivity contribution in [1.29, 1.82) is 0 Å². The number of rotatable bonds is 11. The van der Waals surface area contributed by atoms with Crippen LogP contribution in [0.1, 0.15) is 77.3 Å². The normalized spacial score (nSPS) is 13.5. The molecule has 0 fully saturated rings. The molecule has 0 aliphatic heterocycles. The zero-order chi connectivity index (χ0) is 22.3. The van der Waals surface area contributed by atoms with Gasteiger partial charge in [0.2, 0.25) is 0 Å². The average Bonchev–Trinajstić information content (AvgIpc) is 2.69. The average molecular weight is 435 g/mol. The van der Waals surface area contributed by atoms with Gasteiger partial charge in [-0.1, -0.05) is 59.2 Å². The van der Waals surface area contributed by atoms with Crippen LogP contribution < -0.4 is 9.47 Å². The number of hydrogen-bond acceptors (Lipinski definition) is 2.